The van der Waals surface area contributed by atoms with Crippen LogP contribution >= 0.6 is 0 Å². The van der Waals surface area contributed by atoms with Crippen molar-refractivity contribution in [3.05, 3.63) is 11.6 Å². The molecule has 0 rings (SSSR count). The maximum Gasteiger partial charge on any atom is 0.300 e. The van der Waals surface area contributed by atoms with Gasteiger partial charge in [0.2, 0.25) is 0 Å². The van der Waals surface area contributed by atoms with Crippen molar-refractivity contribution in [2.45, 2.75) is 78.6 Å². The standard InChI is InChI=1S/C14H28O.C2H4O2/c1-3-4-5-6-7-8-9-10-11-14(2)12-13-15;1-2(3)4/h11,15H,3-10,12-13H2,1-2H3;1H3,(H,3,4). The molecule has 0 radical (unpaired) electrons. The first-order valence-electron chi connectivity index (χ1n) is 7.50. The highest BCUT2D eigenvalue weighted by atomic mass is 16.4. The monoisotopic (exact) mass is 272 g/mol. The van der Waals surface area contributed by atoms with E-state index in [1.54, 1.807) is 0 Å². The van der Waals surface area contributed by atoms with Crippen LogP contribution in [0.25, 0.3) is 0 Å². The van der Waals surface area contributed by atoms with Crippen LogP contribution in [0.4, 0.5) is 0 Å². The number of aliphatic hydroxyl groups excluding tert-OH is 1. The maximum absolute atomic E-state index is 9.00. The van der Waals surface area contributed by atoms with Crippen molar-refractivity contribution in [1.29, 1.82) is 0 Å². The van der Waals surface area contributed by atoms with Crippen molar-refractivity contribution < 1.29 is 15.0 Å². The third-order valence-corrected chi connectivity index (χ3v) is 2.81. The summed E-state index contributed by atoms with van der Waals surface area (Å²) in [6.07, 6.45) is 14.0. The van der Waals surface area contributed by atoms with Gasteiger partial charge < -0.3 is 10.2 Å². The van der Waals surface area contributed by atoms with Crippen molar-refractivity contribution >= 4 is 5.97 Å². The molecule has 0 amide bonds. The first kappa shape index (κ1) is 20.5. The molecule has 0 aromatic rings. The summed E-state index contributed by atoms with van der Waals surface area (Å²) in [5.41, 5.74) is 1.34. The van der Waals surface area contributed by atoms with E-state index in [1.807, 2.05) is 0 Å². The zero-order valence-electron chi connectivity index (χ0n) is 13.0. The van der Waals surface area contributed by atoms with Crippen LogP contribution in [0.15, 0.2) is 11.6 Å². The number of carboxylic acid groups (broad SMARTS) is 1. The van der Waals surface area contributed by atoms with Gasteiger partial charge in [0.15, 0.2) is 0 Å². The Morgan fingerprint density at radius 2 is 1.47 bits per heavy atom. The Balaban J connectivity index is 0. The molecule has 0 aliphatic carbocycles. The molecule has 0 fully saturated rings. The van der Waals surface area contributed by atoms with Crippen LogP contribution in [0.5, 0.6) is 0 Å². The zero-order chi connectivity index (χ0) is 14.9. The van der Waals surface area contributed by atoms with Crippen molar-refractivity contribution in [3.63, 3.8) is 0 Å². The molecule has 0 atom stereocenters. The number of carboxylic acids is 1. The molecule has 3 nitrogen and oxygen atoms in total. The molecule has 0 saturated carbocycles. The van der Waals surface area contributed by atoms with Crippen molar-refractivity contribution in [3.8, 4) is 0 Å². The first-order valence-corrected chi connectivity index (χ1v) is 7.50. The maximum atomic E-state index is 9.00. The van der Waals surface area contributed by atoms with Crippen LogP contribution in [0, 0.1) is 0 Å². The van der Waals surface area contributed by atoms with Crippen LogP contribution in [0.1, 0.15) is 78.6 Å². The molecule has 3 heteroatoms. The minimum Gasteiger partial charge on any atom is -0.481 e. The van der Waals surface area contributed by atoms with Gasteiger partial charge in [-0.2, -0.15) is 0 Å². The van der Waals surface area contributed by atoms with E-state index in [1.165, 1.54) is 56.9 Å². The second kappa shape index (κ2) is 17.2. The second-order valence-electron chi connectivity index (χ2n) is 4.95. The van der Waals surface area contributed by atoms with Crippen LogP contribution in [-0.2, 0) is 4.79 Å². The highest BCUT2D eigenvalue weighted by molar-refractivity contribution is 5.62. The number of aliphatic carboxylic acids is 1. The second-order valence-corrected chi connectivity index (χ2v) is 4.95. The molecular formula is C16H32O3. The van der Waals surface area contributed by atoms with Gasteiger partial charge in [0, 0.05) is 13.5 Å². The smallest absolute Gasteiger partial charge is 0.300 e. The molecule has 0 aliphatic heterocycles. The number of hydrogen-bond donors (Lipinski definition) is 2. The normalized spacial score (nSPS) is 10.8. The Morgan fingerprint density at radius 3 is 1.95 bits per heavy atom. The van der Waals surface area contributed by atoms with Gasteiger partial charge in [0.25, 0.3) is 5.97 Å². The van der Waals surface area contributed by atoms with Gasteiger partial charge in [-0.15, -0.1) is 0 Å². The van der Waals surface area contributed by atoms with E-state index in [2.05, 4.69) is 19.9 Å². The third kappa shape index (κ3) is 26.7. The van der Waals surface area contributed by atoms with E-state index in [-0.39, 0.29) is 0 Å². The van der Waals surface area contributed by atoms with E-state index in [4.69, 9.17) is 15.0 Å². The summed E-state index contributed by atoms with van der Waals surface area (Å²) in [6.45, 7) is 5.74. The molecule has 0 bridgehead atoms. The Morgan fingerprint density at radius 1 is 1.00 bits per heavy atom. The summed E-state index contributed by atoms with van der Waals surface area (Å²) in [5, 5.41) is 16.1. The largest absolute Gasteiger partial charge is 0.481 e. The van der Waals surface area contributed by atoms with E-state index < -0.39 is 5.97 Å². The summed E-state index contributed by atoms with van der Waals surface area (Å²) in [6, 6.07) is 0. The number of hydrogen-bond acceptors (Lipinski definition) is 2. The Bertz CT molecular complexity index is 218. The van der Waals surface area contributed by atoms with Crippen LogP contribution in [-0.4, -0.2) is 22.8 Å². The quantitative estimate of drug-likeness (QED) is 0.453. The summed E-state index contributed by atoms with van der Waals surface area (Å²) >= 11 is 0. The molecule has 0 saturated heterocycles. The number of carbonyl (C=O) groups is 1. The van der Waals surface area contributed by atoms with Crippen LogP contribution < -0.4 is 0 Å². The number of aliphatic hydroxyl groups is 1. The van der Waals surface area contributed by atoms with Gasteiger partial charge in [-0.25, -0.2) is 0 Å². The number of rotatable bonds is 10. The molecule has 2 N–H and O–H groups in total. The van der Waals surface area contributed by atoms with Gasteiger partial charge >= 0.3 is 0 Å². The lowest BCUT2D eigenvalue weighted by Crippen LogP contribution is -1.84. The van der Waals surface area contributed by atoms with Crippen molar-refractivity contribution in [2.75, 3.05) is 6.61 Å². The minimum absolute atomic E-state index is 0.291. The van der Waals surface area contributed by atoms with Crippen molar-refractivity contribution in [2.24, 2.45) is 0 Å². The number of allylic oxidation sites excluding steroid dienone is 1. The van der Waals surface area contributed by atoms with Gasteiger partial charge in [0.1, 0.15) is 0 Å². The van der Waals surface area contributed by atoms with Gasteiger partial charge in [-0.1, -0.05) is 57.1 Å². The fourth-order valence-corrected chi connectivity index (χ4v) is 1.73. The van der Waals surface area contributed by atoms with Gasteiger partial charge in [-0.05, 0) is 26.2 Å². The lowest BCUT2D eigenvalue weighted by molar-refractivity contribution is -0.134. The highest BCUT2D eigenvalue weighted by Gasteiger charge is 1.91. The predicted octanol–water partition coefficient (Wildman–Crippen LogP) is 4.55. The van der Waals surface area contributed by atoms with Gasteiger partial charge in [0.05, 0.1) is 0 Å². The molecule has 114 valence electrons. The highest BCUT2D eigenvalue weighted by Crippen LogP contribution is 2.10. The summed E-state index contributed by atoms with van der Waals surface area (Å²) in [7, 11) is 0. The fraction of sp³-hybridized carbons (Fsp3) is 0.812. The summed E-state index contributed by atoms with van der Waals surface area (Å²) < 4.78 is 0. The first-order chi connectivity index (χ1) is 9.04. The Labute approximate surface area is 118 Å². The van der Waals surface area contributed by atoms with Crippen molar-refractivity contribution in [1.82, 2.24) is 0 Å². The van der Waals surface area contributed by atoms with E-state index in [0.717, 1.165) is 13.3 Å². The van der Waals surface area contributed by atoms with Gasteiger partial charge in [-0.3, -0.25) is 4.79 Å². The predicted molar refractivity (Wildman–Crippen MR) is 81.4 cm³/mol. The fourth-order valence-electron chi connectivity index (χ4n) is 1.73. The number of unbranched alkanes of at least 4 members (excludes halogenated alkanes) is 7. The molecular weight excluding hydrogens is 240 g/mol. The van der Waals surface area contributed by atoms with E-state index in [0.29, 0.717) is 6.61 Å². The molecule has 0 spiro atoms. The molecule has 0 aromatic carbocycles. The summed E-state index contributed by atoms with van der Waals surface area (Å²) in [4.78, 5) is 9.00. The molecule has 19 heavy (non-hydrogen) atoms. The van der Waals surface area contributed by atoms with E-state index in [9.17, 15) is 0 Å². The average Bonchev–Trinajstić information content (AvgIpc) is 2.32. The minimum atomic E-state index is -0.833. The molecule has 0 aliphatic rings. The van der Waals surface area contributed by atoms with Crippen LogP contribution in [0.2, 0.25) is 0 Å². The van der Waals surface area contributed by atoms with Crippen LogP contribution in [0.3, 0.4) is 0 Å². The Kier molecular flexibility index (Phi) is 18.5. The zero-order valence-corrected chi connectivity index (χ0v) is 13.0. The van der Waals surface area contributed by atoms with E-state index >= 15 is 0 Å². The lowest BCUT2D eigenvalue weighted by atomic mass is 10.1. The average molecular weight is 272 g/mol. The Hall–Kier alpha value is -0.830. The third-order valence-electron chi connectivity index (χ3n) is 2.81. The molecule has 0 aromatic heterocycles. The molecule has 0 unspecified atom stereocenters. The lowest BCUT2D eigenvalue weighted by Gasteiger charge is -2.00. The summed E-state index contributed by atoms with van der Waals surface area (Å²) in [5.74, 6) is -0.833. The SMILES string of the molecule is CC(=O)O.CCCCCCCCCC=C(C)CCO. The molecule has 0 heterocycles. The topological polar surface area (TPSA) is 57.5 Å².